The van der Waals surface area contributed by atoms with E-state index in [1.165, 1.54) is 10.5 Å². The lowest BCUT2D eigenvalue weighted by Crippen LogP contribution is -1.98. The number of hydrogen-bond donors (Lipinski definition) is 1. The second kappa shape index (κ2) is 5.17. The SMILES string of the molecule is CNc1nc(C)nc2c1ccn2Sc1ccc(C)cc1. The number of hydrogen-bond acceptors (Lipinski definition) is 4. The summed E-state index contributed by atoms with van der Waals surface area (Å²) in [6.45, 7) is 4.00. The van der Waals surface area contributed by atoms with Gasteiger partial charge in [0.2, 0.25) is 0 Å². The molecule has 2 aromatic heterocycles. The monoisotopic (exact) mass is 284 g/mol. The summed E-state index contributed by atoms with van der Waals surface area (Å²) in [5.41, 5.74) is 2.20. The Morgan fingerprint density at radius 3 is 2.50 bits per heavy atom. The fraction of sp³-hybridized carbons (Fsp3) is 0.200. The van der Waals surface area contributed by atoms with Crippen molar-refractivity contribution in [3.63, 3.8) is 0 Å². The molecule has 0 amide bonds. The van der Waals surface area contributed by atoms with Crippen LogP contribution in [0.2, 0.25) is 0 Å². The first-order valence-corrected chi connectivity index (χ1v) is 7.23. The first-order chi connectivity index (χ1) is 9.67. The van der Waals surface area contributed by atoms with Crippen LogP contribution >= 0.6 is 11.9 Å². The van der Waals surface area contributed by atoms with Crippen LogP contribution < -0.4 is 5.32 Å². The van der Waals surface area contributed by atoms with Crippen molar-refractivity contribution in [3.05, 3.63) is 47.9 Å². The summed E-state index contributed by atoms with van der Waals surface area (Å²) in [5.74, 6) is 1.64. The molecule has 0 spiro atoms. The van der Waals surface area contributed by atoms with Crippen LogP contribution in [0.25, 0.3) is 11.0 Å². The second-order valence-electron chi connectivity index (χ2n) is 4.65. The van der Waals surface area contributed by atoms with Gasteiger partial charge in [-0.15, -0.1) is 0 Å². The quantitative estimate of drug-likeness (QED) is 0.797. The zero-order valence-electron chi connectivity index (χ0n) is 11.7. The van der Waals surface area contributed by atoms with Crippen molar-refractivity contribution >= 4 is 28.8 Å². The lowest BCUT2D eigenvalue weighted by molar-refractivity contribution is 1.07. The molecule has 0 aliphatic carbocycles. The molecule has 0 radical (unpaired) electrons. The molecule has 102 valence electrons. The number of rotatable bonds is 3. The van der Waals surface area contributed by atoms with Crippen molar-refractivity contribution in [2.45, 2.75) is 18.7 Å². The Morgan fingerprint density at radius 2 is 1.80 bits per heavy atom. The number of aromatic nitrogens is 3. The summed E-state index contributed by atoms with van der Waals surface area (Å²) < 4.78 is 2.08. The molecule has 0 aliphatic heterocycles. The smallest absolute Gasteiger partial charge is 0.156 e. The predicted molar refractivity (Wildman–Crippen MR) is 84.2 cm³/mol. The van der Waals surface area contributed by atoms with E-state index >= 15 is 0 Å². The number of anilines is 1. The zero-order chi connectivity index (χ0) is 14.1. The summed E-state index contributed by atoms with van der Waals surface area (Å²) in [4.78, 5) is 10.1. The normalized spacial score (nSPS) is 10.9. The van der Waals surface area contributed by atoms with Gasteiger partial charge in [-0.1, -0.05) is 17.7 Å². The van der Waals surface area contributed by atoms with Crippen LogP contribution in [0.3, 0.4) is 0 Å². The number of fused-ring (bicyclic) bond motifs is 1. The van der Waals surface area contributed by atoms with E-state index in [0.717, 1.165) is 22.7 Å². The Hall–Kier alpha value is -2.01. The topological polar surface area (TPSA) is 42.7 Å². The van der Waals surface area contributed by atoms with E-state index in [9.17, 15) is 0 Å². The highest BCUT2D eigenvalue weighted by Crippen LogP contribution is 2.28. The third-order valence-electron chi connectivity index (χ3n) is 3.08. The van der Waals surface area contributed by atoms with Gasteiger partial charge in [0.25, 0.3) is 0 Å². The van der Waals surface area contributed by atoms with Gasteiger partial charge in [0.15, 0.2) is 5.65 Å². The third-order valence-corrected chi connectivity index (χ3v) is 4.06. The van der Waals surface area contributed by atoms with Crippen LogP contribution in [-0.2, 0) is 0 Å². The fourth-order valence-corrected chi connectivity index (χ4v) is 2.91. The summed E-state index contributed by atoms with van der Waals surface area (Å²) in [6.07, 6.45) is 2.03. The number of benzene rings is 1. The molecule has 0 atom stereocenters. The van der Waals surface area contributed by atoms with Crippen LogP contribution in [0.5, 0.6) is 0 Å². The minimum atomic E-state index is 0.770. The van der Waals surface area contributed by atoms with Crippen molar-refractivity contribution in [3.8, 4) is 0 Å². The number of nitrogens with one attached hydrogen (secondary N) is 1. The molecule has 0 saturated heterocycles. The van der Waals surface area contributed by atoms with Gasteiger partial charge in [0.05, 0.1) is 5.39 Å². The standard InChI is InChI=1S/C15H16N4S/c1-10-4-6-12(7-5-10)20-19-9-8-13-14(16-3)17-11(2)18-15(13)19/h4-9H,1-3H3,(H,16,17,18). The van der Waals surface area contributed by atoms with Crippen LogP contribution in [0.4, 0.5) is 5.82 Å². The molecular weight excluding hydrogens is 268 g/mol. The van der Waals surface area contributed by atoms with Gasteiger partial charge in [-0.25, -0.2) is 9.97 Å². The summed E-state index contributed by atoms with van der Waals surface area (Å²) in [6, 6.07) is 10.5. The first kappa shape index (κ1) is 13.0. The van der Waals surface area contributed by atoms with E-state index < -0.39 is 0 Å². The highest BCUT2D eigenvalue weighted by molar-refractivity contribution is 7.98. The predicted octanol–water partition coefficient (Wildman–Crippen LogP) is 3.65. The van der Waals surface area contributed by atoms with E-state index in [1.54, 1.807) is 11.9 Å². The van der Waals surface area contributed by atoms with Gasteiger partial charge in [-0.2, -0.15) is 0 Å². The molecule has 4 nitrogen and oxygen atoms in total. The van der Waals surface area contributed by atoms with Gasteiger partial charge in [0.1, 0.15) is 11.6 Å². The molecule has 0 fully saturated rings. The lowest BCUT2D eigenvalue weighted by Gasteiger charge is -2.06. The van der Waals surface area contributed by atoms with Gasteiger partial charge in [-0.05, 0) is 44.0 Å². The summed E-state index contributed by atoms with van der Waals surface area (Å²) in [5, 5.41) is 4.16. The van der Waals surface area contributed by atoms with Crippen LogP contribution in [-0.4, -0.2) is 21.0 Å². The molecule has 1 aromatic carbocycles. The van der Waals surface area contributed by atoms with E-state index in [0.29, 0.717) is 0 Å². The largest absolute Gasteiger partial charge is 0.372 e. The Bertz CT molecular complexity index is 746. The van der Waals surface area contributed by atoms with E-state index in [2.05, 4.69) is 50.4 Å². The summed E-state index contributed by atoms with van der Waals surface area (Å²) >= 11 is 1.66. The molecular formula is C15H16N4S. The lowest BCUT2D eigenvalue weighted by atomic mass is 10.2. The van der Waals surface area contributed by atoms with Crippen molar-refractivity contribution in [2.75, 3.05) is 12.4 Å². The molecule has 0 unspecified atom stereocenters. The molecule has 0 bridgehead atoms. The molecule has 3 aromatic rings. The second-order valence-corrected chi connectivity index (χ2v) is 5.70. The first-order valence-electron chi connectivity index (χ1n) is 6.46. The molecule has 3 rings (SSSR count). The van der Waals surface area contributed by atoms with Gasteiger partial charge >= 0.3 is 0 Å². The van der Waals surface area contributed by atoms with E-state index in [-0.39, 0.29) is 0 Å². The van der Waals surface area contributed by atoms with E-state index in [4.69, 9.17) is 0 Å². The fourth-order valence-electron chi connectivity index (χ4n) is 2.08. The van der Waals surface area contributed by atoms with Crippen molar-refractivity contribution in [1.82, 2.24) is 13.9 Å². The molecule has 0 saturated carbocycles. The number of nitrogens with zero attached hydrogens (tertiary/aromatic N) is 3. The molecule has 2 heterocycles. The van der Waals surface area contributed by atoms with Crippen molar-refractivity contribution in [1.29, 1.82) is 0 Å². The van der Waals surface area contributed by atoms with E-state index in [1.807, 2.05) is 26.2 Å². The Morgan fingerprint density at radius 1 is 1.05 bits per heavy atom. The van der Waals surface area contributed by atoms with Gasteiger partial charge < -0.3 is 5.32 Å². The average molecular weight is 284 g/mol. The Labute approximate surface area is 122 Å². The van der Waals surface area contributed by atoms with Gasteiger partial charge in [-0.3, -0.25) is 3.97 Å². The molecule has 20 heavy (non-hydrogen) atoms. The van der Waals surface area contributed by atoms with Crippen LogP contribution in [0, 0.1) is 13.8 Å². The highest BCUT2D eigenvalue weighted by Gasteiger charge is 2.10. The molecule has 0 aliphatic rings. The summed E-state index contributed by atoms with van der Waals surface area (Å²) in [7, 11) is 1.88. The Kier molecular flexibility index (Phi) is 3.36. The number of aryl methyl sites for hydroxylation is 2. The minimum absolute atomic E-state index is 0.770. The van der Waals surface area contributed by atoms with Gasteiger partial charge in [0, 0.05) is 18.1 Å². The van der Waals surface area contributed by atoms with Crippen LogP contribution in [0.1, 0.15) is 11.4 Å². The van der Waals surface area contributed by atoms with Crippen LogP contribution in [0.15, 0.2) is 41.4 Å². The maximum Gasteiger partial charge on any atom is 0.156 e. The molecule has 1 N–H and O–H groups in total. The maximum atomic E-state index is 4.55. The maximum absolute atomic E-state index is 4.55. The Balaban J connectivity index is 2.04. The van der Waals surface area contributed by atoms with Crippen molar-refractivity contribution in [2.24, 2.45) is 0 Å². The van der Waals surface area contributed by atoms with Crippen molar-refractivity contribution < 1.29 is 0 Å². The third kappa shape index (κ3) is 2.36. The average Bonchev–Trinajstić information content (AvgIpc) is 2.83. The highest BCUT2D eigenvalue weighted by atomic mass is 32.2. The molecule has 5 heteroatoms. The zero-order valence-corrected chi connectivity index (χ0v) is 12.5. The minimum Gasteiger partial charge on any atom is -0.372 e.